The van der Waals surface area contributed by atoms with E-state index in [0.717, 1.165) is 16.3 Å². The topological polar surface area (TPSA) is 55.8 Å². The second-order valence-electron chi connectivity index (χ2n) is 6.20. The van der Waals surface area contributed by atoms with Crippen molar-refractivity contribution >= 4 is 17.1 Å². The Labute approximate surface area is 149 Å². The van der Waals surface area contributed by atoms with Crippen molar-refractivity contribution < 1.29 is 19.4 Å². The van der Waals surface area contributed by atoms with E-state index in [4.69, 9.17) is 9.47 Å². The SMILES string of the molecule is O=C1Oc2c3c(ccc2=C1c1ccccc1)=C(c1ccccc1)C(O)O3. The second kappa shape index (κ2) is 5.58. The zero-order valence-corrected chi connectivity index (χ0v) is 13.7. The minimum Gasteiger partial charge on any atom is -0.456 e. The molecule has 4 nitrogen and oxygen atoms in total. The van der Waals surface area contributed by atoms with Crippen LogP contribution in [0, 0.1) is 0 Å². The average molecular weight is 342 g/mol. The van der Waals surface area contributed by atoms with Crippen molar-refractivity contribution in [3.63, 3.8) is 0 Å². The molecule has 5 rings (SSSR count). The number of carbonyl (C=O) groups excluding carboxylic acids is 1. The van der Waals surface area contributed by atoms with E-state index < -0.39 is 12.3 Å². The summed E-state index contributed by atoms with van der Waals surface area (Å²) in [5.74, 6) is 0.371. The summed E-state index contributed by atoms with van der Waals surface area (Å²) in [5, 5.41) is 11.9. The molecule has 0 spiro atoms. The number of esters is 1. The number of hydrogen-bond acceptors (Lipinski definition) is 4. The van der Waals surface area contributed by atoms with E-state index in [1.807, 2.05) is 72.8 Å². The van der Waals surface area contributed by atoms with Gasteiger partial charge >= 0.3 is 5.97 Å². The van der Waals surface area contributed by atoms with Crippen molar-refractivity contribution in [3.8, 4) is 11.5 Å². The Hall–Kier alpha value is -3.37. The number of fused-ring (bicyclic) bond motifs is 3. The molecular formula is C22H14O4. The highest BCUT2D eigenvalue weighted by Gasteiger charge is 2.33. The summed E-state index contributed by atoms with van der Waals surface area (Å²) in [6.45, 7) is 0. The van der Waals surface area contributed by atoms with Crippen molar-refractivity contribution in [2.24, 2.45) is 0 Å². The lowest BCUT2D eigenvalue weighted by molar-refractivity contribution is -0.127. The first-order valence-corrected chi connectivity index (χ1v) is 8.33. The summed E-state index contributed by atoms with van der Waals surface area (Å²) in [6, 6.07) is 22.7. The fourth-order valence-corrected chi connectivity index (χ4v) is 3.54. The minimum absolute atomic E-state index is 0.372. The van der Waals surface area contributed by atoms with Gasteiger partial charge in [0.05, 0.1) is 5.57 Å². The number of carbonyl (C=O) groups is 1. The van der Waals surface area contributed by atoms with Crippen LogP contribution in [0.2, 0.25) is 0 Å². The van der Waals surface area contributed by atoms with Gasteiger partial charge in [0.15, 0.2) is 11.5 Å². The molecular weight excluding hydrogens is 328 g/mol. The number of rotatable bonds is 2. The first kappa shape index (κ1) is 14.9. The highest BCUT2D eigenvalue weighted by molar-refractivity contribution is 6.19. The maximum atomic E-state index is 12.5. The Balaban J connectivity index is 1.80. The molecule has 0 saturated carbocycles. The molecule has 2 aliphatic rings. The van der Waals surface area contributed by atoms with Gasteiger partial charge in [-0.05, 0) is 23.3 Å². The molecule has 4 heteroatoms. The predicted molar refractivity (Wildman–Crippen MR) is 95.9 cm³/mol. The van der Waals surface area contributed by atoms with E-state index in [2.05, 4.69) is 0 Å². The highest BCUT2D eigenvalue weighted by Crippen LogP contribution is 2.33. The van der Waals surface area contributed by atoms with Gasteiger partial charge in [-0.2, -0.15) is 0 Å². The zero-order chi connectivity index (χ0) is 17.7. The molecule has 0 radical (unpaired) electrons. The van der Waals surface area contributed by atoms with Gasteiger partial charge in [0.25, 0.3) is 0 Å². The Morgan fingerprint density at radius 1 is 0.731 bits per heavy atom. The molecule has 1 unspecified atom stereocenters. The molecule has 0 amide bonds. The molecule has 126 valence electrons. The van der Waals surface area contributed by atoms with Crippen LogP contribution >= 0.6 is 0 Å². The Kier molecular flexibility index (Phi) is 3.20. The largest absolute Gasteiger partial charge is 0.456 e. The molecule has 0 aliphatic carbocycles. The third kappa shape index (κ3) is 2.09. The summed E-state index contributed by atoms with van der Waals surface area (Å²) in [6.07, 6.45) is -1.10. The summed E-state index contributed by atoms with van der Waals surface area (Å²) in [7, 11) is 0. The fourth-order valence-electron chi connectivity index (χ4n) is 3.54. The smallest absolute Gasteiger partial charge is 0.345 e. The second-order valence-corrected chi connectivity index (χ2v) is 6.20. The summed E-state index contributed by atoms with van der Waals surface area (Å²) >= 11 is 0. The van der Waals surface area contributed by atoms with Crippen molar-refractivity contribution in [1.29, 1.82) is 0 Å². The van der Waals surface area contributed by atoms with Crippen LogP contribution in [0.1, 0.15) is 11.1 Å². The standard InChI is InChI=1S/C22H14O4/c23-21-17(13-7-3-1-4-8-13)15-11-12-16-18(14-9-5-2-6-10-14)22(24)26-20(16)19(15)25-21/h1-12,21,23H. The lowest BCUT2D eigenvalue weighted by Gasteiger charge is -2.09. The van der Waals surface area contributed by atoms with Crippen LogP contribution in [0.15, 0.2) is 72.8 Å². The fraction of sp³-hybridized carbons (Fsp3) is 0.0455. The zero-order valence-electron chi connectivity index (χ0n) is 13.7. The van der Waals surface area contributed by atoms with Gasteiger partial charge in [-0.25, -0.2) is 4.79 Å². The third-order valence-corrected chi connectivity index (χ3v) is 4.69. The van der Waals surface area contributed by atoms with Crippen LogP contribution in [0.3, 0.4) is 0 Å². The monoisotopic (exact) mass is 342 g/mol. The van der Waals surface area contributed by atoms with Gasteiger partial charge in [-0.1, -0.05) is 60.7 Å². The molecule has 3 aromatic carbocycles. The first-order chi connectivity index (χ1) is 12.7. The van der Waals surface area contributed by atoms with Gasteiger partial charge in [-0.3, -0.25) is 0 Å². The molecule has 1 N–H and O–H groups in total. The molecule has 0 bridgehead atoms. The van der Waals surface area contributed by atoms with Gasteiger partial charge in [0.2, 0.25) is 6.29 Å². The average Bonchev–Trinajstić information content (AvgIpc) is 3.19. The summed E-state index contributed by atoms with van der Waals surface area (Å²) in [4.78, 5) is 12.5. The van der Waals surface area contributed by atoms with Crippen LogP contribution < -0.4 is 19.9 Å². The van der Waals surface area contributed by atoms with E-state index in [-0.39, 0.29) is 0 Å². The van der Waals surface area contributed by atoms with E-state index in [1.165, 1.54) is 0 Å². The van der Waals surface area contributed by atoms with Gasteiger partial charge in [0, 0.05) is 16.0 Å². The Morgan fingerprint density at radius 2 is 1.35 bits per heavy atom. The van der Waals surface area contributed by atoms with E-state index in [1.54, 1.807) is 0 Å². The van der Waals surface area contributed by atoms with Crippen molar-refractivity contribution in [3.05, 3.63) is 94.4 Å². The Morgan fingerprint density at radius 3 is 2.04 bits per heavy atom. The number of ether oxygens (including phenoxy) is 2. The molecule has 0 saturated heterocycles. The lowest BCUT2D eigenvalue weighted by atomic mass is 10.0. The molecule has 2 heterocycles. The highest BCUT2D eigenvalue weighted by atomic mass is 16.6. The number of aliphatic hydroxyl groups excluding tert-OH is 1. The normalized spacial score (nSPS) is 17.6. The number of aliphatic hydroxyl groups is 1. The molecule has 3 aromatic rings. The maximum Gasteiger partial charge on any atom is 0.345 e. The molecule has 0 aromatic heterocycles. The first-order valence-electron chi connectivity index (χ1n) is 8.33. The molecule has 26 heavy (non-hydrogen) atoms. The van der Waals surface area contributed by atoms with Crippen LogP contribution in [0.25, 0.3) is 11.1 Å². The van der Waals surface area contributed by atoms with Crippen molar-refractivity contribution in [2.45, 2.75) is 6.29 Å². The number of benzene rings is 3. The molecule has 1 atom stereocenters. The van der Waals surface area contributed by atoms with E-state index >= 15 is 0 Å². The Bertz CT molecular complexity index is 1150. The minimum atomic E-state index is -1.10. The van der Waals surface area contributed by atoms with E-state index in [9.17, 15) is 9.90 Å². The summed E-state index contributed by atoms with van der Waals surface area (Å²) < 4.78 is 11.2. The van der Waals surface area contributed by atoms with Crippen molar-refractivity contribution in [1.82, 2.24) is 0 Å². The van der Waals surface area contributed by atoms with Crippen molar-refractivity contribution in [2.75, 3.05) is 0 Å². The van der Waals surface area contributed by atoms with E-state index in [0.29, 0.717) is 27.9 Å². The van der Waals surface area contributed by atoms with Crippen LogP contribution in [-0.2, 0) is 4.79 Å². The summed E-state index contributed by atoms with van der Waals surface area (Å²) in [5.41, 5.74) is 2.85. The predicted octanol–water partition coefficient (Wildman–Crippen LogP) is 1.71. The number of hydrogen-bond donors (Lipinski definition) is 1. The molecule has 2 aliphatic heterocycles. The van der Waals surface area contributed by atoms with Gasteiger partial charge in [0.1, 0.15) is 0 Å². The molecule has 0 fully saturated rings. The third-order valence-electron chi connectivity index (χ3n) is 4.69. The van der Waals surface area contributed by atoms with Crippen LogP contribution in [-0.4, -0.2) is 17.4 Å². The van der Waals surface area contributed by atoms with Gasteiger partial charge < -0.3 is 14.6 Å². The maximum absolute atomic E-state index is 12.5. The quantitative estimate of drug-likeness (QED) is 0.569. The van der Waals surface area contributed by atoms with Gasteiger partial charge in [-0.15, -0.1) is 0 Å². The van der Waals surface area contributed by atoms with Crippen LogP contribution in [0.4, 0.5) is 0 Å². The van der Waals surface area contributed by atoms with Crippen LogP contribution in [0.5, 0.6) is 11.5 Å². The lowest BCUT2D eigenvalue weighted by Crippen LogP contribution is -2.14.